The first-order valence-corrected chi connectivity index (χ1v) is 14.1. The van der Waals surface area contributed by atoms with Crippen LogP contribution in [-0.2, 0) is 16.8 Å². The van der Waals surface area contributed by atoms with E-state index in [2.05, 4.69) is 9.97 Å². The number of nitrogens with zero attached hydrogens (tertiary/aromatic N) is 3. The summed E-state index contributed by atoms with van der Waals surface area (Å²) in [5.41, 5.74) is 0.742. The molecule has 0 saturated heterocycles. The van der Waals surface area contributed by atoms with Crippen LogP contribution in [0.5, 0.6) is 0 Å². The Morgan fingerprint density at radius 3 is 2.71 bits per heavy atom. The molecule has 4 aromatic heterocycles. The Balaban J connectivity index is 1.73. The molecule has 0 unspecified atom stereocenters. The number of nitrogens with one attached hydrogen (secondary N) is 2. The summed E-state index contributed by atoms with van der Waals surface area (Å²) >= 11 is 6.57. The maximum atomic E-state index is 15.4. The summed E-state index contributed by atoms with van der Waals surface area (Å²) in [4.78, 5) is 34.0. The van der Waals surface area contributed by atoms with Crippen LogP contribution in [0.15, 0.2) is 76.3 Å². The van der Waals surface area contributed by atoms with Crippen LogP contribution in [0.2, 0.25) is 5.15 Å². The summed E-state index contributed by atoms with van der Waals surface area (Å²) in [5, 5.41) is 1.28. The Kier molecular flexibility index (Phi) is 6.40. The number of carbonyl (C=O) groups excluding carboxylic acids is 1. The summed E-state index contributed by atoms with van der Waals surface area (Å²) in [5.74, 6) is -1.68. The predicted octanol–water partition coefficient (Wildman–Crippen LogP) is 4.67. The second-order valence-corrected chi connectivity index (χ2v) is 11.7. The van der Waals surface area contributed by atoms with Crippen molar-refractivity contribution in [3.63, 3.8) is 0 Å². The molecule has 1 amide bonds. The minimum atomic E-state index is -4.26. The largest absolute Gasteiger partial charge is 0.463 e. The van der Waals surface area contributed by atoms with Gasteiger partial charge in [0.05, 0.1) is 40.2 Å². The van der Waals surface area contributed by atoms with E-state index < -0.39 is 27.5 Å². The van der Waals surface area contributed by atoms with Gasteiger partial charge in [0.2, 0.25) is 0 Å². The molecule has 0 fully saturated rings. The van der Waals surface area contributed by atoms with Crippen LogP contribution < -0.4 is 10.3 Å². The highest BCUT2D eigenvalue weighted by Crippen LogP contribution is 2.40. The fraction of sp³-hybridized carbons (Fsp3) is 0.107. The highest BCUT2D eigenvalue weighted by Gasteiger charge is 2.31. The van der Waals surface area contributed by atoms with Crippen molar-refractivity contribution in [2.75, 3.05) is 14.1 Å². The van der Waals surface area contributed by atoms with Crippen molar-refractivity contribution >= 4 is 60.5 Å². The average Bonchev–Trinajstić information content (AvgIpc) is 3.53. The Bertz CT molecular complexity index is 2190. The van der Waals surface area contributed by atoms with Crippen molar-refractivity contribution in [1.29, 1.82) is 0 Å². The SMILES string of the molecule is CN(C)S(=O)(=O)NC(=O)c1c(-c2ccc[nH]c2=O)c2c3occc3c(F)cc2n1Cc1cc2ccccc2nc1Cl. The fourth-order valence-electron chi connectivity index (χ4n) is 4.86. The minimum Gasteiger partial charge on any atom is -0.463 e. The monoisotopic (exact) mass is 593 g/mol. The van der Waals surface area contributed by atoms with E-state index in [4.69, 9.17) is 16.0 Å². The van der Waals surface area contributed by atoms with E-state index >= 15 is 4.39 Å². The zero-order chi connectivity index (χ0) is 29.1. The van der Waals surface area contributed by atoms with Crippen LogP contribution >= 0.6 is 11.6 Å². The van der Waals surface area contributed by atoms with Crippen molar-refractivity contribution in [2.45, 2.75) is 6.54 Å². The number of carbonyl (C=O) groups is 1. The zero-order valence-electron chi connectivity index (χ0n) is 21.6. The van der Waals surface area contributed by atoms with Gasteiger partial charge < -0.3 is 14.0 Å². The molecule has 10 nitrogen and oxygen atoms in total. The van der Waals surface area contributed by atoms with Crippen LogP contribution in [0.1, 0.15) is 16.1 Å². The van der Waals surface area contributed by atoms with E-state index in [0.29, 0.717) is 11.1 Å². The van der Waals surface area contributed by atoms with Crippen LogP contribution in [0.3, 0.4) is 0 Å². The third-order valence-electron chi connectivity index (χ3n) is 6.80. The van der Waals surface area contributed by atoms with Gasteiger partial charge in [-0.3, -0.25) is 9.59 Å². The van der Waals surface area contributed by atoms with Gasteiger partial charge in [0.15, 0.2) is 0 Å². The number of halogens is 2. The molecule has 0 saturated carbocycles. The summed E-state index contributed by atoms with van der Waals surface area (Å²) in [6, 6.07) is 14.8. The van der Waals surface area contributed by atoms with Crippen molar-refractivity contribution in [3.8, 4) is 11.1 Å². The summed E-state index contributed by atoms with van der Waals surface area (Å²) in [7, 11) is -1.74. The normalized spacial score (nSPS) is 12.1. The standard InChI is InChI=1S/C28H21ClFN5O5S/c1-34(2)41(38,39)33-28(37)24-22(18-7-5-10-31-27(18)36)23-21(13-19(30)17-9-11-40-25(17)23)35(24)14-16-12-15-6-3-4-8-20(15)32-26(16)29/h3-13H,14H2,1-2H3,(H,31,36)(H,33,37). The number of pyridine rings is 2. The first-order chi connectivity index (χ1) is 19.6. The van der Waals surface area contributed by atoms with Gasteiger partial charge in [0.1, 0.15) is 22.2 Å². The molecule has 2 N–H and O–H groups in total. The minimum absolute atomic E-state index is 0.0516. The topological polar surface area (TPSA) is 130 Å². The van der Waals surface area contributed by atoms with Crippen LogP contribution in [0.25, 0.3) is 43.9 Å². The number of rotatable bonds is 6. The van der Waals surface area contributed by atoms with Crippen LogP contribution in [0.4, 0.5) is 4.39 Å². The Labute approximate surface area is 237 Å². The Morgan fingerprint density at radius 2 is 1.95 bits per heavy atom. The first kappa shape index (κ1) is 26.7. The number of hydrogen-bond acceptors (Lipinski definition) is 6. The molecule has 0 aliphatic carbocycles. The third-order valence-corrected chi connectivity index (χ3v) is 8.53. The maximum Gasteiger partial charge on any atom is 0.303 e. The van der Waals surface area contributed by atoms with Gasteiger partial charge in [-0.05, 0) is 36.4 Å². The molecule has 13 heteroatoms. The highest BCUT2D eigenvalue weighted by molar-refractivity contribution is 7.87. The van der Waals surface area contributed by atoms with Gasteiger partial charge in [0, 0.05) is 36.8 Å². The molecule has 0 bridgehead atoms. The molecule has 0 atom stereocenters. The maximum absolute atomic E-state index is 15.4. The van der Waals surface area contributed by atoms with E-state index in [1.54, 1.807) is 18.2 Å². The Hall–Kier alpha value is -4.52. The number of aromatic nitrogens is 3. The number of aromatic amines is 1. The highest BCUT2D eigenvalue weighted by atomic mass is 35.5. The molecule has 0 aliphatic rings. The van der Waals surface area contributed by atoms with Crippen LogP contribution in [0, 0.1) is 5.82 Å². The molecule has 0 radical (unpaired) electrons. The smallest absolute Gasteiger partial charge is 0.303 e. The lowest BCUT2D eigenvalue weighted by atomic mass is 10.0. The summed E-state index contributed by atoms with van der Waals surface area (Å²) in [6.07, 6.45) is 2.72. The molecule has 2 aromatic carbocycles. The number of fused-ring (bicyclic) bond motifs is 4. The molecule has 4 heterocycles. The van der Waals surface area contributed by atoms with Gasteiger partial charge in [-0.1, -0.05) is 29.8 Å². The van der Waals surface area contributed by atoms with Crippen molar-refractivity contribution in [1.82, 2.24) is 23.6 Å². The summed E-state index contributed by atoms with van der Waals surface area (Å²) < 4.78 is 50.8. The molecule has 0 spiro atoms. The number of hydrogen-bond donors (Lipinski definition) is 2. The van der Waals surface area contributed by atoms with Crippen molar-refractivity contribution in [3.05, 3.63) is 99.6 Å². The number of benzene rings is 2. The lowest BCUT2D eigenvalue weighted by Gasteiger charge is -2.16. The lowest BCUT2D eigenvalue weighted by molar-refractivity contribution is 0.0972. The second-order valence-electron chi connectivity index (χ2n) is 9.49. The van der Waals surface area contributed by atoms with E-state index in [1.165, 1.54) is 49.3 Å². The number of H-pyrrole nitrogens is 1. The molecule has 6 rings (SSSR count). The van der Waals surface area contributed by atoms with Gasteiger partial charge in [-0.25, -0.2) is 14.1 Å². The fourth-order valence-corrected chi connectivity index (χ4v) is 5.58. The number of amides is 1. The van der Waals surface area contributed by atoms with Crippen molar-refractivity contribution < 1.29 is 22.0 Å². The molecule has 6 aromatic rings. The number of furan rings is 1. The van der Waals surface area contributed by atoms with Gasteiger partial charge in [0.25, 0.3) is 11.5 Å². The second kappa shape index (κ2) is 9.84. The van der Waals surface area contributed by atoms with Crippen molar-refractivity contribution in [2.24, 2.45) is 0 Å². The van der Waals surface area contributed by atoms with E-state index in [-0.39, 0.29) is 50.4 Å². The predicted molar refractivity (Wildman–Crippen MR) is 154 cm³/mol. The molecule has 41 heavy (non-hydrogen) atoms. The molecular formula is C28H21ClFN5O5S. The van der Waals surface area contributed by atoms with E-state index in [1.807, 2.05) is 22.9 Å². The van der Waals surface area contributed by atoms with Gasteiger partial charge in [-0.15, -0.1) is 0 Å². The Morgan fingerprint density at radius 1 is 1.17 bits per heavy atom. The third kappa shape index (κ3) is 4.46. The van der Waals surface area contributed by atoms with Gasteiger partial charge in [-0.2, -0.15) is 12.7 Å². The summed E-state index contributed by atoms with van der Waals surface area (Å²) in [6.45, 7) is -0.117. The molecular weight excluding hydrogens is 573 g/mol. The zero-order valence-corrected chi connectivity index (χ0v) is 23.2. The average molecular weight is 594 g/mol. The lowest BCUT2D eigenvalue weighted by Crippen LogP contribution is -2.40. The van der Waals surface area contributed by atoms with E-state index in [9.17, 15) is 18.0 Å². The first-order valence-electron chi connectivity index (χ1n) is 12.3. The quantitative estimate of drug-likeness (QED) is 0.270. The van der Waals surface area contributed by atoms with Crippen LogP contribution in [-0.4, -0.2) is 47.3 Å². The molecule has 208 valence electrons. The number of para-hydroxylation sites is 1. The van der Waals surface area contributed by atoms with Gasteiger partial charge >= 0.3 is 10.2 Å². The van der Waals surface area contributed by atoms with E-state index in [0.717, 1.165) is 9.69 Å². The molecule has 0 aliphatic heterocycles.